The van der Waals surface area contributed by atoms with Crippen molar-refractivity contribution in [2.45, 2.75) is 32.7 Å². The van der Waals surface area contributed by atoms with Crippen molar-refractivity contribution < 1.29 is 14.0 Å². The maximum absolute atomic E-state index is 12.1. The predicted octanol–water partition coefficient (Wildman–Crippen LogP) is 2.52. The molecule has 6 heteroatoms. The van der Waals surface area contributed by atoms with Crippen LogP contribution in [0.4, 0.5) is 0 Å². The molecule has 0 bridgehead atoms. The lowest BCUT2D eigenvalue weighted by Crippen LogP contribution is -2.26. The summed E-state index contributed by atoms with van der Waals surface area (Å²) in [7, 11) is 0. The average Bonchev–Trinajstić information content (AvgIpc) is 3.10. The maximum atomic E-state index is 12.1. The van der Waals surface area contributed by atoms with Crippen molar-refractivity contribution in [1.82, 2.24) is 15.6 Å². The van der Waals surface area contributed by atoms with Gasteiger partial charge in [0, 0.05) is 18.9 Å². The van der Waals surface area contributed by atoms with Crippen LogP contribution in [-0.4, -0.2) is 23.3 Å². The average molecular weight is 315 g/mol. The summed E-state index contributed by atoms with van der Waals surface area (Å²) in [6.07, 6.45) is 7.56. The van der Waals surface area contributed by atoms with E-state index in [0.29, 0.717) is 30.0 Å². The van der Waals surface area contributed by atoms with Crippen LogP contribution in [-0.2, 0) is 6.54 Å². The number of rotatable bonds is 8. The number of hydrogen-bond acceptors (Lipinski definition) is 4. The Morgan fingerprint density at radius 1 is 1.13 bits per heavy atom. The van der Waals surface area contributed by atoms with Gasteiger partial charge < -0.3 is 15.1 Å². The number of furan rings is 1. The second-order valence-corrected chi connectivity index (χ2v) is 5.19. The largest absolute Gasteiger partial charge is 0.467 e. The molecule has 23 heavy (non-hydrogen) atoms. The molecule has 0 spiro atoms. The number of amides is 2. The normalized spacial score (nSPS) is 10.3. The molecule has 0 saturated heterocycles. The first-order chi connectivity index (χ1) is 11.2. The first-order valence-corrected chi connectivity index (χ1v) is 7.74. The van der Waals surface area contributed by atoms with E-state index in [1.165, 1.54) is 12.4 Å². The maximum Gasteiger partial charge on any atom is 0.253 e. The fourth-order valence-corrected chi connectivity index (χ4v) is 2.05. The first kappa shape index (κ1) is 16.7. The third kappa shape index (κ3) is 5.25. The van der Waals surface area contributed by atoms with Gasteiger partial charge in [0.25, 0.3) is 11.8 Å². The minimum Gasteiger partial charge on any atom is -0.467 e. The molecular weight excluding hydrogens is 294 g/mol. The molecule has 2 aromatic rings. The molecule has 2 rings (SSSR count). The number of hydrogen-bond donors (Lipinski definition) is 2. The summed E-state index contributed by atoms with van der Waals surface area (Å²) in [4.78, 5) is 28.1. The van der Waals surface area contributed by atoms with Crippen LogP contribution in [0.15, 0.2) is 41.3 Å². The van der Waals surface area contributed by atoms with Crippen LogP contribution in [0.1, 0.15) is 52.7 Å². The van der Waals surface area contributed by atoms with E-state index in [1.807, 2.05) is 0 Å². The lowest BCUT2D eigenvalue weighted by atomic mass is 10.2. The summed E-state index contributed by atoms with van der Waals surface area (Å²) in [5.74, 6) is 0.153. The Bertz CT molecular complexity index is 638. The Labute approximate surface area is 135 Å². The molecule has 0 radical (unpaired) electrons. The zero-order valence-corrected chi connectivity index (χ0v) is 13.2. The van der Waals surface area contributed by atoms with Gasteiger partial charge in [-0.1, -0.05) is 19.8 Å². The number of nitrogens with zero attached hydrogens (tertiary/aromatic N) is 1. The van der Waals surface area contributed by atoms with E-state index in [1.54, 1.807) is 24.5 Å². The Hall–Kier alpha value is -2.63. The van der Waals surface area contributed by atoms with Gasteiger partial charge in [-0.15, -0.1) is 0 Å². The number of carbonyl (C=O) groups is 2. The highest BCUT2D eigenvalue weighted by atomic mass is 16.3. The fourth-order valence-electron chi connectivity index (χ4n) is 2.05. The van der Waals surface area contributed by atoms with Crippen molar-refractivity contribution >= 4 is 11.8 Å². The first-order valence-electron chi connectivity index (χ1n) is 7.74. The van der Waals surface area contributed by atoms with E-state index in [-0.39, 0.29) is 11.8 Å². The zero-order chi connectivity index (χ0) is 16.5. The molecule has 0 aliphatic carbocycles. The molecule has 2 N–H and O–H groups in total. The third-order valence-electron chi connectivity index (χ3n) is 3.33. The Morgan fingerprint density at radius 3 is 2.52 bits per heavy atom. The standard InChI is InChI=1S/C17H21N3O3/c1-2-3-4-7-19-16(21)13-9-14(11-18-10-13)17(22)20-12-15-6-5-8-23-15/h5-6,8-11H,2-4,7,12H2,1H3,(H,19,21)(H,20,22). The van der Waals surface area contributed by atoms with Crippen LogP contribution >= 0.6 is 0 Å². The number of aromatic nitrogens is 1. The zero-order valence-electron chi connectivity index (χ0n) is 13.2. The van der Waals surface area contributed by atoms with Gasteiger partial charge in [-0.25, -0.2) is 0 Å². The Morgan fingerprint density at radius 2 is 1.87 bits per heavy atom. The lowest BCUT2D eigenvalue weighted by molar-refractivity contribution is 0.0947. The molecular formula is C17H21N3O3. The van der Waals surface area contributed by atoms with Crippen LogP contribution in [0.2, 0.25) is 0 Å². The lowest BCUT2D eigenvalue weighted by Gasteiger charge is -2.07. The molecule has 122 valence electrons. The van der Waals surface area contributed by atoms with Crippen molar-refractivity contribution in [2.24, 2.45) is 0 Å². The van der Waals surface area contributed by atoms with Crippen molar-refractivity contribution in [2.75, 3.05) is 6.54 Å². The number of nitrogens with one attached hydrogen (secondary N) is 2. The monoisotopic (exact) mass is 315 g/mol. The molecule has 0 unspecified atom stereocenters. The van der Waals surface area contributed by atoms with Crippen LogP contribution in [0.5, 0.6) is 0 Å². The third-order valence-corrected chi connectivity index (χ3v) is 3.33. The summed E-state index contributed by atoms with van der Waals surface area (Å²) >= 11 is 0. The van der Waals surface area contributed by atoms with Gasteiger partial charge in [-0.05, 0) is 24.6 Å². The van der Waals surface area contributed by atoms with E-state index in [4.69, 9.17) is 4.42 Å². The molecule has 2 amide bonds. The highest BCUT2D eigenvalue weighted by Crippen LogP contribution is 2.05. The van der Waals surface area contributed by atoms with E-state index in [9.17, 15) is 9.59 Å². The Kier molecular flexibility index (Phi) is 6.35. The summed E-state index contributed by atoms with van der Waals surface area (Å²) in [5, 5.41) is 5.55. The van der Waals surface area contributed by atoms with Crippen LogP contribution in [0.25, 0.3) is 0 Å². The summed E-state index contributed by atoms with van der Waals surface area (Å²) in [6.45, 7) is 3.03. The van der Waals surface area contributed by atoms with Crippen molar-refractivity contribution in [3.63, 3.8) is 0 Å². The smallest absolute Gasteiger partial charge is 0.253 e. The SMILES string of the molecule is CCCCCNC(=O)c1cncc(C(=O)NCc2ccco2)c1. The summed E-state index contributed by atoms with van der Waals surface area (Å²) in [6, 6.07) is 5.07. The van der Waals surface area contributed by atoms with Crippen LogP contribution in [0.3, 0.4) is 0 Å². The topological polar surface area (TPSA) is 84.2 Å². The van der Waals surface area contributed by atoms with Gasteiger partial charge in [0.05, 0.1) is 23.9 Å². The highest BCUT2D eigenvalue weighted by molar-refractivity contribution is 5.99. The number of carbonyl (C=O) groups excluding carboxylic acids is 2. The second kappa shape index (κ2) is 8.73. The summed E-state index contributed by atoms with van der Waals surface area (Å²) < 4.78 is 5.15. The number of pyridine rings is 1. The van der Waals surface area contributed by atoms with Crippen molar-refractivity contribution in [3.05, 3.63) is 53.7 Å². The van der Waals surface area contributed by atoms with Gasteiger partial charge >= 0.3 is 0 Å². The molecule has 0 atom stereocenters. The molecule has 0 saturated carbocycles. The second-order valence-electron chi connectivity index (χ2n) is 5.19. The van der Waals surface area contributed by atoms with E-state index in [0.717, 1.165) is 19.3 Å². The van der Waals surface area contributed by atoms with E-state index < -0.39 is 0 Å². The molecule has 0 aliphatic heterocycles. The van der Waals surface area contributed by atoms with Crippen LogP contribution < -0.4 is 10.6 Å². The molecule has 0 fully saturated rings. The van der Waals surface area contributed by atoms with Gasteiger partial charge in [0.15, 0.2) is 0 Å². The molecule has 2 heterocycles. The van der Waals surface area contributed by atoms with Crippen molar-refractivity contribution in [1.29, 1.82) is 0 Å². The number of unbranched alkanes of at least 4 members (excludes halogenated alkanes) is 2. The van der Waals surface area contributed by atoms with Gasteiger partial charge in [0.1, 0.15) is 5.76 Å². The molecule has 6 nitrogen and oxygen atoms in total. The fraction of sp³-hybridized carbons (Fsp3) is 0.353. The quantitative estimate of drug-likeness (QED) is 0.733. The Balaban J connectivity index is 1.90. The van der Waals surface area contributed by atoms with Gasteiger partial charge in [0.2, 0.25) is 0 Å². The van der Waals surface area contributed by atoms with Gasteiger partial charge in [-0.2, -0.15) is 0 Å². The minimum atomic E-state index is -0.297. The predicted molar refractivity (Wildman–Crippen MR) is 86.0 cm³/mol. The molecule has 0 aromatic carbocycles. The van der Waals surface area contributed by atoms with E-state index >= 15 is 0 Å². The highest BCUT2D eigenvalue weighted by Gasteiger charge is 2.11. The van der Waals surface area contributed by atoms with E-state index in [2.05, 4.69) is 22.5 Å². The molecule has 0 aliphatic rings. The van der Waals surface area contributed by atoms with Crippen LogP contribution in [0, 0.1) is 0 Å². The summed E-state index contributed by atoms with van der Waals surface area (Å²) in [5.41, 5.74) is 0.727. The van der Waals surface area contributed by atoms with Gasteiger partial charge in [-0.3, -0.25) is 14.6 Å². The van der Waals surface area contributed by atoms with Crippen molar-refractivity contribution in [3.8, 4) is 0 Å². The molecule has 2 aromatic heterocycles. The minimum absolute atomic E-state index is 0.214.